The number of carbonyl (C=O) groups is 1. The highest BCUT2D eigenvalue weighted by molar-refractivity contribution is 6.01. The first-order valence-corrected chi connectivity index (χ1v) is 3.86. The van der Waals surface area contributed by atoms with Crippen LogP contribution in [0.15, 0.2) is 18.2 Å². The first-order valence-electron chi connectivity index (χ1n) is 3.86. The van der Waals surface area contributed by atoms with Gasteiger partial charge in [-0.15, -0.1) is 0 Å². The Hall–Kier alpha value is -1.88. The third-order valence-corrected chi connectivity index (χ3v) is 1.92. The van der Waals surface area contributed by atoms with Gasteiger partial charge in [0.15, 0.2) is 5.69 Å². The number of aromatic carboxylic acids is 1. The highest BCUT2D eigenvalue weighted by Gasteiger charge is 2.11. The molecule has 5 heteroatoms. The average Bonchev–Trinajstić information content (AvgIpc) is 2.46. The van der Waals surface area contributed by atoms with Crippen LogP contribution < -0.4 is 0 Å². The van der Waals surface area contributed by atoms with Gasteiger partial charge in [-0.3, -0.25) is 5.10 Å². The van der Waals surface area contributed by atoms with E-state index >= 15 is 0 Å². The first kappa shape index (κ1) is 10.2. The lowest BCUT2D eigenvalue weighted by molar-refractivity contribution is 0.0692. The summed E-state index contributed by atoms with van der Waals surface area (Å²) in [6.45, 7) is 1.91. The standard InChI is InChI=1S/C9H8N2O2.H2O/c1-5-2-3-7-6(4-5)8(9(12)13)11-10-7;/h2-4H,1H3,(H,10,11)(H,12,13);1H2. The zero-order valence-electron chi connectivity index (χ0n) is 7.53. The summed E-state index contributed by atoms with van der Waals surface area (Å²) in [6.07, 6.45) is 0. The van der Waals surface area contributed by atoms with Crippen molar-refractivity contribution < 1.29 is 15.4 Å². The van der Waals surface area contributed by atoms with E-state index in [9.17, 15) is 4.79 Å². The Morgan fingerprint density at radius 2 is 2.21 bits per heavy atom. The molecule has 0 radical (unpaired) electrons. The van der Waals surface area contributed by atoms with Crippen molar-refractivity contribution in [1.82, 2.24) is 10.2 Å². The van der Waals surface area contributed by atoms with E-state index in [1.54, 1.807) is 0 Å². The zero-order chi connectivity index (χ0) is 9.42. The van der Waals surface area contributed by atoms with Crippen LogP contribution in [0.5, 0.6) is 0 Å². The van der Waals surface area contributed by atoms with Crippen LogP contribution in [0.1, 0.15) is 16.1 Å². The number of hydrogen-bond donors (Lipinski definition) is 2. The quantitative estimate of drug-likeness (QED) is 0.700. The van der Waals surface area contributed by atoms with Gasteiger partial charge in [-0.05, 0) is 19.1 Å². The summed E-state index contributed by atoms with van der Waals surface area (Å²) in [5, 5.41) is 15.8. The number of aromatic amines is 1. The van der Waals surface area contributed by atoms with Crippen molar-refractivity contribution in [2.75, 3.05) is 0 Å². The molecule has 5 nitrogen and oxygen atoms in total. The van der Waals surface area contributed by atoms with E-state index in [1.807, 2.05) is 25.1 Å². The Labute approximate surface area is 79.7 Å². The van der Waals surface area contributed by atoms with Crippen molar-refractivity contribution in [3.05, 3.63) is 29.5 Å². The van der Waals surface area contributed by atoms with Gasteiger partial charge in [-0.25, -0.2) is 4.79 Å². The maximum Gasteiger partial charge on any atom is 0.357 e. The number of aryl methyl sites for hydroxylation is 1. The number of carboxylic acids is 1. The van der Waals surface area contributed by atoms with Crippen LogP contribution in [0, 0.1) is 6.92 Å². The van der Waals surface area contributed by atoms with Crippen LogP contribution in [0.2, 0.25) is 0 Å². The van der Waals surface area contributed by atoms with Gasteiger partial charge in [0.2, 0.25) is 0 Å². The molecule has 74 valence electrons. The average molecular weight is 194 g/mol. The molecule has 0 aliphatic rings. The highest BCUT2D eigenvalue weighted by atomic mass is 16.4. The Bertz CT molecular complexity index is 476. The molecular formula is C9H10N2O3. The molecule has 0 atom stereocenters. The number of rotatable bonds is 1. The highest BCUT2D eigenvalue weighted by Crippen LogP contribution is 2.16. The number of nitrogens with one attached hydrogen (secondary N) is 1. The lowest BCUT2D eigenvalue weighted by Gasteiger charge is -1.92. The van der Waals surface area contributed by atoms with Crippen molar-refractivity contribution in [2.24, 2.45) is 0 Å². The number of hydrogen-bond acceptors (Lipinski definition) is 2. The molecule has 0 unspecified atom stereocenters. The smallest absolute Gasteiger partial charge is 0.357 e. The van der Waals surface area contributed by atoms with Crippen LogP contribution in [0.3, 0.4) is 0 Å². The molecule has 1 aromatic carbocycles. The number of aromatic nitrogens is 2. The molecule has 2 aromatic rings. The molecule has 14 heavy (non-hydrogen) atoms. The van der Waals surface area contributed by atoms with E-state index in [-0.39, 0.29) is 11.2 Å². The second kappa shape index (κ2) is 3.47. The third-order valence-electron chi connectivity index (χ3n) is 1.92. The van der Waals surface area contributed by atoms with Gasteiger partial charge < -0.3 is 10.6 Å². The molecule has 2 rings (SSSR count). The monoisotopic (exact) mass is 194 g/mol. The van der Waals surface area contributed by atoms with Gasteiger partial charge in [0, 0.05) is 5.39 Å². The molecule has 1 aromatic heterocycles. The first-order chi connectivity index (χ1) is 6.18. The molecular weight excluding hydrogens is 184 g/mol. The second-order valence-corrected chi connectivity index (χ2v) is 2.93. The van der Waals surface area contributed by atoms with Crippen LogP contribution in [-0.2, 0) is 0 Å². The Balaban J connectivity index is 0.000000980. The minimum Gasteiger partial charge on any atom is -0.476 e. The van der Waals surface area contributed by atoms with Crippen molar-refractivity contribution in [1.29, 1.82) is 0 Å². The summed E-state index contributed by atoms with van der Waals surface area (Å²) < 4.78 is 0. The third kappa shape index (κ3) is 1.45. The summed E-state index contributed by atoms with van der Waals surface area (Å²) >= 11 is 0. The van der Waals surface area contributed by atoms with Crippen LogP contribution in [0.4, 0.5) is 0 Å². The Kier molecular flexibility index (Phi) is 2.53. The summed E-state index contributed by atoms with van der Waals surface area (Å²) in [5.74, 6) is -1.00. The molecule has 1 heterocycles. The SMILES string of the molecule is Cc1ccc2[nH]nc(C(=O)O)c2c1.O. The maximum absolute atomic E-state index is 10.7. The Morgan fingerprint density at radius 3 is 2.86 bits per heavy atom. The lowest BCUT2D eigenvalue weighted by Crippen LogP contribution is -1.96. The van der Waals surface area contributed by atoms with Crippen LogP contribution in [-0.4, -0.2) is 26.7 Å². The summed E-state index contributed by atoms with van der Waals surface area (Å²) in [5.41, 5.74) is 1.86. The number of H-pyrrole nitrogens is 1. The van der Waals surface area contributed by atoms with Crippen LogP contribution in [0.25, 0.3) is 10.9 Å². The minimum atomic E-state index is -1.00. The van der Waals surface area contributed by atoms with E-state index in [1.165, 1.54) is 0 Å². The molecule has 0 spiro atoms. The maximum atomic E-state index is 10.7. The zero-order valence-corrected chi connectivity index (χ0v) is 7.53. The summed E-state index contributed by atoms with van der Waals surface area (Å²) in [7, 11) is 0. The van der Waals surface area contributed by atoms with E-state index < -0.39 is 5.97 Å². The van der Waals surface area contributed by atoms with E-state index in [2.05, 4.69) is 10.2 Å². The van der Waals surface area contributed by atoms with E-state index in [4.69, 9.17) is 5.11 Å². The van der Waals surface area contributed by atoms with Crippen molar-refractivity contribution in [3.63, 3.8) is 0 Å². The fraction of sp³-hybridized carbons (Fsp3) is 0.111. The van der Waals surface area contributed by atoms with E-state index in [0.29, 0.717) is 5.39 Å². The molecule has 0 aliphatic heterocycles. The molecule has 0 amide bonds. The fourth-order valence-corrected chi connectivity index (χ4v) is 1.29. The predicted octanol–water partition coefficient (Wildman–Crippen LogP) is 0.745. The molecule has 4 N–H and O–H groups in total. The van der Waals surface area contributed by atoms with Gasteiger partial charge in [0.25, 0.3) is 0 Å². The van der Waals surface area contributed by atoms with Crippen LogP contribution >= 0.6 is 0 Å². The molecule has 0 saturated heterocycles. The van der Waals surface area contributed by atoms with Crippen molar-refractivity contribution in [3.8, 4) is 0 Å². The lowest BCUT2D eigenvalue weighted by atomic mass is 10.1. The Morgan fingerprint density at radius 1 is 1.50 bits per heavy atom. The van der Waals surface area contributed by atoms with Gasteiger partial charge in [0.1, 0.15) is 0 Å². The van der Waals surface area contributed by atoms with Gasteiger partial charge in [-0.2, -0.15) is 5.10 Å². The number of fused-ring (bicyclic) bond motifs is 1. The summed E-state index contributed by atoms with van der Waals surface area (Å²) in [4.78, 5) is 10.7. The topological polar surface area (TPSA) is 97.5 Å². The van der Waals surface area contributed by atoms with E-state index in [0.717, 1.165) is 11.1 Å². The molecule has 0 aliphatic carbocycles. The largest absolute Gasteiger partial charge is 0.476 e. The number of carboxylic acid groups (broad SMARTS) is 1. The van der Waals surface area contributed by atoms with Gasteiger partial charge in [-0.1, -0.05) is 11.6 Å². The normalized spacial score (nSPS) is 9.79. The number of benzene rings is 1. The van der Waals surface area contributed by atoms with Crippen molar-refractivity contribution in [2.45, 2.75) is 6.92 Å². The van der Waals surface area contributed by atoms with Gasteiger partial charge >= 0.3 is 5.97 Å². The molecule has 0 fully saturated rings. The second-order valence-electron chi connectivity index (χ2n) is 2.93. The fourth-order valence-electron chi connectivity index (χ4n) is 1.29. The van der Waals surface area contributed by atoms with Gasteiger partial charge in [0.05, 0.1) is 5.52 Å². The minimum absolute atomic E-state index is 0. The molecule has 0 bridgehead atoms. The van der Waals surface area contributed by atoms with Crippen molar-refractivity contribution >= 4 is 16.9 Å². The predicted molar refractivity (Wildman–Crippen MR) is 51.4 cm³/mol. The number of nitrogens with zero attached hydrogens (tertiary/aromatic N) is 1. The molecule has 0 saturated carbocycles. The summed E-state index contributed by atoms with van der Waals surface area (Å²) in [6, 6.07) is 5.54.